The minimum Gasteiger partial charge on any atom is -0.380 e. The molecule has 1 aliphatic heterocycles. The Morgan fingerprint density at radius 2 is 1.97 bits per heavy atom. The second kappa shape index (κ2) is 8.88. The molecule has 1 aromatic rings. The van der Waals surface area contributed by atoms with E-state index in [1.807, 2.05) is 27.0 Å². The van der Waals surface area contributed by atoms with Gasteiger partial charge in [-0.05, 0) is 55.8 Å². The summed E-state index contributed by atoms with van der Waals surface area (Å²) in [7, 11) is 1.64. The molecule has 35 heavy (non-hydrogen) atoms. The van der Waals surface area contributed by atoms with Crippen LogP contribution in [0.2, 0.25) is 0 Å². The van der Waals surface area contributed by atoms with Crippen LogP contribution in [0.5, 0.6) is 0 Å². The molecular weight excluding hydrogens is 444 g/mol. The number of ether oxygens (including phenoxy) is 1. The summed E-state index contributed by atoms with van der Waals surface area (Å²) >= 11 is 0. The van der Waals surface area contributed by atoms with Gasteiger partial charge in [-0.25, -0.2) is 4.68 Å². The number of likely N-dealkylation sites (tertiary alicyclic amines) is 1. The Morgan fingerprint density at radius 1 is 1.26 bits per heavy atom. The zero-order valence-electron chi connectivity index (χ0n) is 21.4. The van der Waals surface area contributed by atoms with Crippen LogP contribution >= 0.6 is 0 Å². The summed E-state index contributed by atoms with van der Waals surface area (Å²) in [6.07, 6.45) is 9.26. The highest BCUT2D eigenvalue weighted by Gasteiger charge is 2.56. The normalized spacial score (nSPS) is 33.4. The summed E-state index contributed by atoms with van der Waals surface area (Å²) in [5, 5.41) is 21.1. The summed E-state index contributed by atoms with van der Waals surface area (Å²) in [6.45, 7) is 6.47. The predicted octanol–water partition coefficient (Wildman–Crippen LogP) is 2.95. The number of amides is 2. The van der Waals surface area contributed by atoms with E-state index in [0.29, 0.717) is 18.9 Å². The highest BCUT2D eigenvalue weighted by atomic mass is 16.5. The van der Waals surface area contributed by atoms with Crippen molar-refractivity contribution in [3.05, 3.63) is 11.9 Å². The quantitative estimate of drug-likeness (QED) is 0.667. The summed E-state index contributed by atoms with van der Waals surface area (Å²) in [5.41, 5.74) is 0.686. The van der Waals surface area contributed by atoms with E-state index in [0.717, 1.165) is 50.6 Å². The standard InChI is InChI=1S/C26H38N6O3/c1-25(2,3)22(32-15-19(29-30-32)17-5-6-17)24(34)31-14-18(35-4)11-20(31)23(33)28-21-12-26(21)9-7-16(13-27)8-10-26/h15-18,20-22H,5-12,14H2,1-4H3,(H,28,33)/t16?,18-,20+,21-,22-,26?/m1/s1. The molecule has 0 aromatic carbocycles. The maximum Gasteiger partial charge on any atom is 0.248 e. The lowest BCUT2D eigenvalue weighted by Crippen LogP contribution is -2.51. The number of nitriles is 1. The van der Waals surface area contributed by atoms with Gasteiger partial charge in [-0.15, -0.1) is 5.10 Å². The second-order valence-corrected chi connectivity index (χ2v) is 12.3. The van der Waals surface area contributed by atoms with Crippen molar-refractivity contribution in [2.75, 3.05) is 13.7 Å². The average molecular weight is 483 g/mol. The molecule has 4 fully saturated rings. The van der Waals surface area contributed by atoms with Crippen LogP contribution < -0.4 is 5.32 Å². The zero-order chi connectivity index (χ0) is 25.0. The van der Waals surface area contributed by atoms with Crippen molar-refractivity contribution in [3.63, 3.8) is 0 Å². The van der Waals surface area contributed by atoms with E-state index in [9.17, 15) is 14.9 Å². The smallest absolute Gasteiger partial charge is 0.248 e. The third kappa shape index (κ3) is 4.69. The summed E-state index contributed by atoms with van der Waals surface area (Å²) < 4.78 is 7.31. The molecule has 9 nitrogen and oxygen atoms in total. The topological polar surface area (TPSA) is 113 Å². The minimum atomic E-state index is -0.558. The first-order valence-electron chi connectivity index (χ1n) is 13.1. The highest BCUT2D eigenvalue weighted by Crippen LogP contribution is 2.57. The van der Waals surface area contributed by atoms with E-state index in [1.54, 1.807) is 16.7 Å². The highest BCUT2D eigenvalue weighted by molar-refractivity contribution is 5.90. The molecule has 4 aliphatic rings. The minimum absolute atomic E-state index is 0.0906. The fourth-order valence-corrected chi connectivity index (χ4v) is 6.17. The Morgan fingerprint density at radius 3 is 2.57 bits per heavy atom. The van der Waals surface area contributed by atoms with Crippen LogP contribution in [0.15, 0.2) is 6.20 Å². The molecule has 4 atom stereocenters. The number of nitrogens with one attached hydrogen (secondary N) is 1. The van der Waals surface area contributed by atoms with Crippen LogP contribution in [-0.2, 0) is 14.3 Å². The van der Waals surface area contributed by atoms with Crippen molar-refractivity contribution in [1.82, 2.24) is 25.2 Å². The summed E-state index contributed by atoms with van der Waals surface area (Å²) in [5.74, 6) is 0.405. The van der Waals surface area contributed by atoms with E-state index in [-0.39, 0.29) is 35.3 Å². The van der Waals surface area contributed by atoms with Crippen LogP contribution in [0, 0.1) is 28.1 Å². The third-order valence-corrected chi connectivity index (χ3v) is 8.69. The number of carbonyl (C=O) groups excluding carboxylic acids is 2. The Balaban J connectivity index is 1.31. The molecule has 5 rings (SSSR count). The molecule has 1 saturated heterocycles. The van der Waals surface area contributed by atoms with Gasteiger partial charge in [0.15, 0.2) is 0 Å². The van der Waals surface area contributed by atoms with Gasteiger partial charge in [0.1, 0.15) is 12.1 Å². The number of methoxy groups -OCH3 is 1. The van der Waals surface area contributed by atoms with Crippen molar-refractivity contribution >= 4 is 11.8 Å². The number of hydrogen-bond donors (Lipinski definition) is 1. The molecule has 3 saturated carbocycles. The SMILES string of the molecule is CO[C@@H]1C[C@@H](C(=O)N[C@@H]2CC23CCC(C#N)CC3)N(C(=O)[C@@H](n2cc(C3CC3)nn2)C(C)(C)C)C1. The van der Waals surface area contributed by atoms with E-state index in [4.69, 9.17) is 4.74 Å². The average Bonchev–Trinajstić information content (AvgIpc) is 3.66. The lowest BCUT2D eigenvalue weighted by atomic mass is 9.80. The Bertz CT molecular complexity index is 1010. The lowest BCUT2D eigenvalue weighted by Gasteiger charge is -2.34. The van der Waals surface area contributed by atoms with Crippen molar-refractivity contribution in [2.45, 2.75) is 102 Å². The van der Waals surface area contributed by atoms with Gasteiger partial charge in [0, 0.05) is 44.1 Å². The lowest BCUT2D eigenvalue weighted by molar-refractivity contribution is -0.144. The van der Waals surface area contributed by atoms with Crippen molar-refractivity contribution in [3.8, 4) is 6.07 Å². The van der Waals surface area contributed by atoms with Gasteiger partial charge in [-0.1, -0.05) is 26.0 Å². The molecule has 2 amide bonds. The van der Waals surface area contributed by atoms with Gasteiger partial charge in [-0.3, -0.25) is 9.59 Å². The van der Waals surface area contributed by atoms with E-state index in [1.165, 1.54) is 0 Å². The van der Waals surface area contributed by atoms with Crippen LogP contribution in [0.1, 0.15) is 89.8 Å². The maximum absolute atomic E-state index is 14.0. The molecule has 2 heterocycles. The van der Waals surface area contributed by atoms with Gasteiger partial charge in [-0.2, -0.15) is 5.26 Å². The van der Waals surface area contributed by atoms with Gasteiger partial charge in [0.05, 0.1) is 17.9 Å². The van der Waals surface area contributed by atoms with Crippen LogP contribution in [0.25, 0.3) is 0 Å². The zero-order valence-corrected chi connectivity index (χ0v) is 21.4. The molecule has 190 valence electrons. The summed E-state index contributed by atoms with van der Waals surface area (Å²) in [6, 6.07) is 1.42. The number of hydrogen-bond acceptors (Lipinski definition) is 6. The van der Waals surface area contributed by atoms with Gasteiger partial charge < -0.3 is 15.0 Å². The molecule has 0 radical (unpaired) electrons. The Hall–Kier alpha value is -2.47. The fraction of sp³-hybridized carbons (Fsp3) is 0.808. The first-order chi connectivity index (χ1) is 16.6. The number of carbonyl (C=O) groups is 2. The Kier molecular flexibility index (Phi) is 6.15. The van der Waals surface area contributed by atoms with Crippen LogP contribution in [0.4, 0.5) is 0 Å². The fourth-order valence-electron chi connectivity index (χ4n) is 6.17. The van der Waals surface area contributed by atoms with E-state index < -0.39 is 17.5 Å². The molecular formula is C26H38N6O3. The molecule has 1 N–H and O–H groups in total. The van der Waals surface area contributed by atoms with E-state index >= 15 is 0 Å². The number of rotatable bonds is 6. The van der Waals surface area contributed by atoms with Gasteiger partial charge in [0.25, 0.3) is 0 Å². The van der Waals surface area contributed by atoms with E-state index in [2.05, 4.69) is 21.7 Å². The van der Waals surface area contributed by atoms with Crippen molar-refractivity contribution in [1.29, 1.82) is 5.26 Å². The van der Waals surface area contributed by atoms with Crippen LogP contribution in [-0.4, -0.2) is 63.6 Å². The maximum atomic E-state index is 14.0. The largest absolute Gasteiger partial charge is 0.380 e. The first kappa shape index (κ1) is 24.2. The molecule has 1 spiro atoms. The molecule has 9 heteroatoms. The monoisotopic (exact) mass is 482 g/mol. The molecule has 0 unspecified atom stereocenters. The molecule has 1 aromatic heterocycles. The Labute approximate surface area is 207 Å². The number of nitrogens with zero attached hydrogens (tertiary/aromatic N) is 5. The second-order valence-electron chi connectivity index (χ2n) is 12.3. The van der Waals surface area contributed by atoms with Crippen molar-refractivity contribution in [2.24, 2.45) is 16.7 Å². The molecule has 3 aliphatic carbocycles. The summed E-state index contributed by atoms with van der Waals surface area (Å²) in [4.78, 5) is 29.2. The molecule has 0 bridgehead atoms. The van der Waals surface area contributed by atoms with Gasteiger partial charge in [0.2, 0.25) is 11.8 Å². The number of aromatic nitrogens is 3. The predicted molar refractivity (Wildman–Crippen MR) is 128 cm³/mol. The van der Waals surface area contributed by atoms with Crippen molar-refractivity contribution < 1.29 is 14.3 Å². The van der Waals surface area contributed by atoms with Crippen LogP contribution in [0.3, 0.4) is 0 Å². The van der Waals surface area contributed by atoms with Gasteiger partial charge >= 0.3 is 0 Å². The third-order valence-electron chi connectivity index (χ3n) is 8.69. The first-order valence-corrected chi connectivity index (χ1v) is 13.1.